The second-order valence-electron chi connectivity index (χ2n) is 4.62. The molecular weight excluding hydrogens is 248 g/mol. The van der Waals surface area contributed by atoms with Gasteiger partial charge < -0.3 is 9.72 Å². The van der Waals surface area contributed by atoms with E-state index in [0.29, 0.717) is 10.8 Å². The lowest BCUT2D eigenvalue weighted by Crippen LogP contribution is -2.06. The SMILES string of the molecule is COc1cc2c3c([nH]c2cc1Cl)CCCC3C#N. The molecule has 1 aliphatic carbocycles. The maximum atomic E-state index is 9.28. The standard InChI is InChI=1S/C14H13ClN2O/c1-18-13-5-9-12(6-10(13)15)17-11-4-2-3-8(7-16)14(9)11/h5-6,8,17H,2-4H2,1H3. The summed E-state index contributed by atoms with van der Waals surface area (Å²) in [6.07, 6.45) is 2.99. The number of aromatic nitrogens is 1. The third-order valence-electron chi connectivity index (χ3n) is 3.62. The number of nitriles is 1. The van der Waals surface area contributed by atoms with Crippen molar-refractivity contribution in [3.63, 3.8) is 0 Å². The fourth-order valence-electron chi connectivity index (χ4n) is 2.78. The summed E-state index contributed by atoms with van der Waals surface area (Å²) in [5, 5.41) is 10.9. The van der Waals surface area contributed by atoms with Crippen molar-refractivity contribution < 1.29 is 4.74 Å². The van der Waals surface area contributed by atoms with Crippen LogP contribution in [0, 0.1) is 11.3 Å². The first-order valence-electron chi connectivity index (χ1n) is 6.02. The molecule has 0 saturated heterocycles. The average molecular weight is 261 g/mol. The smallest absolute Gasteiger partial charge is 0.138 e. The summed E-state index contributed by atoms with van der Waals surface area (Å²) < 4.78 is 5.25. The van der Waals surface area contributed by atoms with Crippen LogP contribution in [0.4, 0.5) is 0 Å². The molecule has 1 aromatic heterocycles. The van der Waals surface area contributed by atoms with E-state index in [1.54, 1.807) is 7.11 Å². The molecule has 1 unspecified atom stereocenters. The van der Waals surface area contributed by atoms with E-state index in [1.807, 2.05) is 12.1 Å². The lowest BCUT2D eigenvalue weighted by atomic mass is 9.86. The monoisotopic (exact) mass is 260 g/mol. The van der Waals surface area contributed by atoms with Crippen LogP contribution in [-0.4, -0.2) is 12.1 Å². The van der Waals surface area contributed by atoms with Gasteiger partial charge in [-0.3, -0.25) is 0 Å². The van der Waals surface area contributed by atoms with E-state index in [0.717, 1.165) is 35.7 Å². The predicted octanol–water partition coefficient (Wildman–Crippen LogP) is 3.77. The third kappa shape index (κ3) is 1.57. The Morgan fingerprint density at radius 3 is 3.06 bits per heavy atom. The summed E-state index contributed by atoms with van der Waals surface area (Å²) in [5.41, 5.74) is 3.30. The Hall–Kier alpha value is -1.66. The number of fused-ring (bicyclic) bond motifs is 3. The topological polar surface area (TPSA) is 48.8 Å². The van der Waals surface area contributed by atoms with Gasteiger partial charge in [-0.25, -0.2) is 0 Å². The van der Waals surface area contributed by atoms with Crippen molar-refractivity contribution in [1.29, 1.82) is 5.26 Å². The molecule has 4 heteroatoms. The Balaban J connectivity index is 2.30. The Kier molecular flexibility index (Phi) is 2.68. The summed E-state index contributed by atoms with van der Waals surface area (Å²) in [6.45, 7) is 0. The minimum atomic E-state index is -0.0200. The molecule has 0 saturated carbocycles. The van der Waals surface area contributed by atoms with Gasteiger partial charge in [0.2, 0.25) is 0 Å². The van der Waals surface area contributed by atoms with Crippen molar-refractivity contribution in [2.45, 2.75) is 25.2 Å². The Bertz CT molecular complexity index is 654. The average Bonchev–Trinajstić information content (AvgIpc) is 2.74. The minimum Gasteiger partial charge on any atom is -0.495 e. The van der Waals surface area contributed by atoms with Crippen LogP contribution in [0.25, 0.3) is 10.9 Å². The molecule has 1 heterocycles. The first-order chi connectivity index (χ1) is 8.74. The minimum absolute atomic E-state index is 0.0200. The number of halogens is 1. The van der Waals surface area contributed by atoms with Crippen LogP contribution in [0.1, 0.15) is 30.0 Å². The van der Waals surface area contributed by atoms with Gasteiger partial charge in [-0.05, 0) is 37.0 Å². The van der Waals surface area contributed by atoms with Crippen molar-refractivity contribution in [2.24, 2.45) is 0 Å². The van der Waals surface area contributed by atoms with Gasteiger partial charge in [0, 0.05) is 16.6 Å². The molecule has 0 aliphatic heterocycles. The molecule has 0 amide bonds. The largest absolute Gasteiger partial charge is 0.495 e. The first kappa shape index (κ1) is 11.4. The first-order valence-corrected chi connectivity index (χ1v) is 6.40. The molecule has 1 atom stereocenters. The number of hydrogen-bond acceptors (Lipinski definition) is 2. The molecule has 3 nitrogen and oxygen atoms in total. The maximum absolute atomic E-state index is 9.28. The van der Waals surface area contributed by atoms with Gasteiger partial charge in [0.1, 0.15) is 5.75 Å². The number of aryl methyl sites for hydroxylation is 1. The highest BCUT2D eigenvalue weighted by atomic mass is 35.5. The van der Waals surface area contributed by atoms with Crippen LogP contribution in [0.5, 0.6) is 5.75 Å². The number of ether oxygens (including phenoxy) is 1. The third-order valence-corrected chi connectivity index (χ3v) is 3.91. The summed E-state index contributed by atoms with van der Waals surface area (Å²) in [6, 6.07) is 6.21. The molecule has 1 aliphatic rings. The molecule has 0 spiro atoms. The van der Waals surface area contributed by atoms with Crippen molar-refractivity contribution in [3.05, 3.63) is 28.4 Å². The van der Waals surface area contributed by atoms with E-state index in [-0.39, 0.29) is 5.92 Å². The highest BCUT2D eigenvalue weighted by molar-refractivity contribution is 6.32. The molecule has 0 radical (unpaired) electrons. The van der Waals surface area contributed by atoms with E-state index in [9.17, 15) is 5.26 Å². The molecule has 92 valence electrons. The van der Waals surface area contributed by atoms with Crippen LogP contribution in [0.2, 0.25) is 5.02 Å². The molecule has 1 N–H and O–H groups in total. The van der Waals surface area contributed by atoms with Crippen LogP contribution >= 0.6 is 11.6 Å². The molecule has 18 heavy (non-hydrogen) atoms. The highest BCUT2D eigenvalue weighted by Gasteiger charge is 2.25. The van der Waals surface area contributed by atoms with Crippen LogP contribution in [0.3, 0.4) is 0 Å². The van der Waals surface area contributed by atoms with Crippen molar-refractivity contribution in [1.82, 2.24) is 4.98 Å². The Morgan fingerprint density at radius 1 is 1.50 bits per heavy atom. The summed E-state index contributed by atoms with van der Waals surface area (Å²) >= 11 is 6.13. The van der Waals surface area contributed by atoms with Crippen LogP contribution in [-0.2, 0) is 6.42 Å². The normalized spacial score (nSPS) is 18.4. The van der Waals surface area contributed by atoms with Crippen molar-refractivity contribution in [2.75, 3.05) is 7.11 Å². The van der Waals surface area contributed by atoms with E-state index < -0.39 is 0 Å². The van der Waals surface area contributed by atoms with E-state index in [4.69, 9.17) is 16.3 Å². The molecule has 2 aromatic rings. The number of nitrogens with one attached hydrogen (secondary N) is 1. The van der Waals surface area contributed by atoms with Crippen LogP contribution in [0.15, 0.2) is 12.1 Å². The van der Waals surface area contributed by atoms with Crippen LogP contribution < -0.4 is 4.74 Å². The maximum Gasteiger partial charge on any atom is 0.138 e. The lowest BCUT2D eigenvalue weighted by Gasteiger charge is -2.16. The summed E-state index contributed by atoms with van der Waals surface area (Å²) in [7, 11) is 1.61. The molecule has 0 bridgehead atoms. The molecule has 1 aromatic carbocycles. The number of rotatable bonds is 1. The number of hydrogen-bond donors (Lipinski definition) is 1. The zero-order chi connectivity index (χ0) is 12.7. The number of benzene rings is 1. The molecule has 0 fully saturated rings. The zero-order valence-electron chi connectivity index (χ0n) is 10.1. The van der Waals surface area contributed by atoms with Gasteiger partial charge in [-0.1, -0.05) is 11.6 Å². The van der Waals surface area contributed by atoms with Gasteiger partial charge in [-0.2, -0.15) is 5.26 Å². The zero-order valence-corrected chi connectivity index (χ0v) is 10.8. The van der Waals surface area contributed by atoms with Gasteiger partial charge in [0.05, 0.1) is 24.1 Å². The number of methoxy groups -OCH3 is 1. The fourth-order valence-corrected chi connectivity index (χ4v) is 3.02. The van der Waals surface area contributed by atoms with E-state index in [2.05, 4.69) is 11.1 Å². The van der Waals surface area contributed by atoms with Gasteiger partial charge in [0.25, 0.3) is 0 Å². The van der Waals surface area contributed by atoms with Gasteiger partial charge in [0.15, 0.2) is 0 Å². The Labute approximate surface area is 110 Å². The van der Waals surface area contributed by atoms with Gasteiger partial charge in [-0.15, -0.1) is 0 Å². The van der Waals surface area contributed by atoms with Crippen molar-refractivity contribution >= 4 is 22.5 Å². The summed E-state index contributed by atoms with van der Waals surface area (Å²) in [4.78, 5) is 3.38. The predicted molar refractivity (Wildman–Crippen MR) is 71.2 cm³/mol. The molecular formula is C14H13ClN2O. The quantitative estimate of drug-likeness (QED) is 0.848. The second-order valence-corrected chi connectivity index (χ2v) is 5.03. The fraction of sp³-hybridized carbons (Fsp3) is 0.357. The van der Waals surface area contributed by atoms with E-state index >= 15 is 0 Å². The Morgan fingerprint density at radius 2 is 2.33 bits per heavy atom. The summed E-state index contributed by atoms with van der Waals surface area (Å²) in [5.74, 6) is 0.640. The number of nitrogens with zero attached hydrogens (tertiary/aromatic N) is 1. The lowest BCUT2D eigenvalue weighted by molar-refractivity contribution is 0.415. The molecule has 3 rings (SSSR count). The van der Waals surface area contributed by atoms with Gasteiger partial charge >= 0.3 is 0 Å². The highest BCUT2D eigenvalue weighted by Crippen LogP contribution is 2.40. The number of aromatic amines is 1. The second kappa shape index (κ2) is 4.22. The van der Waals surface area contributed by atoms with Crippen molar-refractivity contribution in [3.8, 4) is 11.8 Å². The number of H-pyrrole nitrogens is 1. The van der Waals surface area contributed by atoms with E-state index in [1.165, 1.54) is 5.69 Å².